The van der Waals surface area contributed by atoms with Crippen LogP contribution in [0.5, 0.6) is 5.75 Å². The van der Waals surface area contributed by atoms with Gasteiger partial charge in [-0.05, 0) is 25.1 Å². The van der Waals surface area contributed by atoms with Crippen LogP contribution in [0.1, 0.15) is 12.5 Å². The summed E-state index contributed by atoms with van der Waals surface area (Å²) < 4.78 is 47.3. The Morgan fingerprint density at radius 2 is 2.11 bits per heavy atom. The summed E-state index contributed by atoms with van der Waals surface area (Å²) >= 11 is 0. The number of benzene rings is 1. The van der Waals surface area contributed by atoms with Crippen LogP contribution in [-0.2, 0) is 20.5 Å². The first-order valence-corrected chi connectivity index (χ1v) is 7.60. The molecule has 2 amide bonds. The number of nitrogens with zero attached hydrogens (tertiary/aromatic N) is 2. The van der Waals surface area contributed by atoms with E-state index in [0.717, 1.165) is 18.3 Å². The van der Waals surface area contributed by atoms with E-state index in [2.05, 4.69) is 9.89 Å². The van der Waals surface area contributed by atoms with Crippen LogP contribution in [0.15, 0.2) is 29.4 Å². The number of hydrogen-bond acceptors (Lipinski definition) is 7. The van der Waals surface area contributed by atoms with Gasteiger partial charge < -0.3 is 14.3 Å². The number of carbonyl (C=O) groups excluding carboxylic acids is 2. The fourth-order valence-electron chi connectivity index (χ4n) is 1.62. The lowest BCUT2D eigenvalue weighted by molar-refractivity contribution is -0.137. The lowest BCUT2D eigenvalue weighted by Crippen LogP contribution is -2.36. The van der Waals surface area contributed by atoms with Gasteiger partial charge in [0.1, 0.15) is 12.4 Å². The van der Waals surface area contributed by atoms with Gasteiger partial charge in [-0.25, -0.2) is 4.79 Å². The van der Waals surface area contributed by atoms with Gasteiger partial charge in [0.15, 0.2) is 12.5 Å². The number of carbonyl (C=O) groups is 2. The van der Waals surface area contributed by atoms with E-state index in [9.17, 15) is 22.8 Å². The lowest BCUT2D eigenvalue weighted by atomic mass is 10.2. The molecule has 146 valence electrons. The molecular weight excluding hydrogens is 371 g/mol. The summed E-state index contributed by atoms with van der Waals surface area (Å²) in [5.74, 6) is -2.33. The van der Waals surface area contributed by atoms with E-state index in [1.807, 2.05) is 5.32 Å². The molecule has 0 saturated carbocycles. The van der Waals surface area contributed by atoms with Crippen LogP contribution >= 0.6 is 0 Å². The van der Waals surface area contributed by atoms with Crippen molar-refractivity contribution in [3.05, 3.63) is 29.8 Å². The molecule has 0 aliphatic rings. The highest BCUT2D eigenvalue weighted by atomic mass is 19.4. The average Bonchev–Trinajstić information content (AvgIpc) is 2.60. The summed E-state index contributed by atoms with van der Waals surface area (Å²) in [5, 5.41) is 14.1. The molecule has 27 heavy (non-hydrogen) atoms. The molecular formula is C16H16F3N3O5. The Morgan fingerprint density at radius 3 is 2.74 bits per heavy atom. The van der Waals surface area contributed by atoms with Crippen molar-refractivity contribution in [2.24, 2.45) is 11.1 Å². The summed E-state index contributed by atoms with van der Waals surface area (Å²) in [6.07, 6.45) is -4.61. The third-order valence-corrected chi connectivity index (χ3v) is 2.81. The third-order valence-electron chi connectivity index (χ3n) is 2.81. The van der Waals surface area contributed by atoms with Crippen molar-refractivity contribution in [2.45, 2.75) is 13.1 Å². The van der Waals surface area contributed by atoms with Crippen LogP contribution in [0.2, 0.25) is 0 Å². The Morgan fingerprint density at radius 1 is 1.37 bits per heavy atom. The van der Waals surface area contributed by atoms with Crippen molar-refractivity contribution in [1.29, 1.82) is 5.26 Å². The van der Waals surface area contributed by atoms with Crippen molar-refractivity contribution >= 4 is 18.2 Å². The molecule has 1 aromatic rings. The molecule has 0 radical (unpaired) electrons. The number of rotatable bonds is 8. The van der Waals surface area contributed by atoms with Gasteiger partial charge in [-0.15, -0.1) is 0 Å². The van der Waals surface area contributed by atoms with E-state index in [4.69, 9.17) is 14.8 Å². The normalized spacial score (nSPS) is 12.1. The van der Waals surface area contributed by atoms with Crippen molar-refractivity contribution < 1.29 is 37.1 Å². The van der Waals surface area contributed by atoms with Crippen LogP contribution < -0.4 is 10.1 Å². The van der Waals surface area contributed by atoms with Crippen molar-refractivity contribution in [3.63, 3.8) is 0 Å². The molecule has 1 N–H and O–H groups in total. The van der Waals surface area contributed by atoms with Crippen molar-refractivity contribution in [1.82, 2.24) is 5.32 Å². The summed E-state index contributed by atoms with van der Waals surface area (Å²) in [5.41, 5.74) is -0.844. The summed E-state index contributed by atoms with van der Waals surface area (Å²) in [6.45, 7) is 1.33. The number of halogens is 3. The van der Waals surface area contributed by atoms with E-state index in [-0.39, 0.29) is 25.6 Å². The molecule has 8 nitrogen and oxygen atoms in total. The summed E-state index contributed by atoms with van der Waals surface area (Å²) in [4.78, 5) is 27.4. The molecule has 0 aliphatic heterocycles. The highest BCUT2D eigenvalue weighted by Gasteiger charge is 2.30. The largest absolute Gasteiger partial charge is 0.490 e. The fourth-order valence-corrected chi connectivity index (χ4v) is 1.62. The van der Waals surface area contributed by atoms with Gasteiger partial charge in [-0.2, -0.15) is 18.4 Å². The zero-order valence-electron chi connectivity index (χ0n) is 14.2. The van der Waals surface area contributed by atoms with Gasteiger partial charge >= 0.3 is 12.3 Å². The van der Waals surface area contributed by atoms with E-state index < -0.39 is 29.7 Å². The average molecular weight is 387 g/mol. The maximum absolute atomic E-state index is 12.6. The number of nitriles is 1. The minimum Gasteiger partial charge on any atom is -0.490 e. The first-order chi connectivity index (χ1) is 12.8. The SMILES string of the molecule is CCOC(=O)NC(=O)C(C#N)C=NOCCOc1cccc(C(F)(F)F)c1. The van der Waals surface area contributed by atoms with Gasteiger partial charge in [0.25, 0.3) is 5.91 Å². The van der Waals surface area contributed by atoms with E-state index >= 15 is 0 Å². The van der Waals surface area contributed by atoms with Gasteiger partial charge in [0.2, 0.25) is 0 Å². The molecule has 1 atom stereocenters. The van der Waals surface area contributed by atoms with Crippen molar-refractivity contribution in [3.8, 4) is 11.8 Å². The maximum Gasteiger partial charge on any atom is 0.416 e. The van der Waals surface area contributed by atoms with Crippen LogP contribution in [-0.4, -0.2) is 38.0 Å². The summed E-state index contributed by atoms with van der Waals surface area (Å²) in [6, 6.07) is 5.91. The monoisotopic (exact) mass is 387 g/mol. The Kier molecular flexibility index (Phi) is 8.58. The Hall–Kier alpha value is -3.29. The number of imide groups is 1. The van der Waals surface area contributed by atoms with E-state index in [1.54, 1.807) is 13.0 Å². The number of amides is 2. The van der Waals surface area contributed by atoms with Crippen LogP contribution in [0, 0.1) is 17.2 Å². The molecule has 1 unspecified atom stereocenters. The minimum absolute atomic E-state index is 0.00104. The number of ether oxygens (including phenoxy) is 2. The third kappa shape index (κ3) is 8.08. The molecule has 0 fully saturated rings. The quantitative estimate of drug-likeness (QED) is 0.417. The predicted molar refractivity (Wildman–Crippen MR) is 85.7 cm³/mol. The first kappa shape index (κ1) is 21.8. The number of alkyl halides is 3. The Balaban J connectivity index is 2.39. The van der Waals surface area contributed by atoms with Gasteiger partial charge in [0, 0.05) is 0 Å². The van der Waals surface area contributed by atoms with Gasteiger partial charge in [0.05, 0.1) is 24.5 Å². The Bertz CT molecular complexity index is 716. The Labute approximate surface area is 152 Å². The highest BCUT2D eigenvalue weighted by Crippen LogP contribution is 2.31. The lowest BCUT2D eigenvalue weighted by Gasteiger charge is -2.09. The second-order valence-corrected chi connectivity index (χ2v) is 4.78. The number of nitrogens with one attached hydrogen (secondary N) is 1. The molecule has 0 saturated heterocycles. The highest BCUT2D eigenvalue weighted by molar-refractivity contribution is 6.02. The fraction of sp³-hybridized carbons (Fsp3) is 0.375. The second-order valence-electron chi connectivity index (χ2n) is 4.78. The van der Waals surface area contributed by atoms with Crippen LogP contribution in [0.25, 0.3) is 0 Å². The van der Waals surface area contributed by atoms with E-state index in [0.29, 0.717) is 0 Å². The standard InChI is InChI=1S/C16H16F3N3O5/c1-2-25-15(24)22-14(23)11(9-20)10-21-27-7-6-26-13-5-3-4-12(8-13)16(17,18)19/h3-5,8,10-11H,2,6-7H2,1H3,(H,22,23,24). The number of hydrogen-bond donors (Lipinski definition) is 1. The smallest absolute Gasteiger partial charge is 0.416 e. The zero-order valence-corrected chi connectivity index (χ0v) is 14.2. The molecule has 11 heteroatoms. The van der Waals surface area contributed by atoms with Crippen LogP contribution in [0.4, 0.5) is 18.0 Å². The van der Waals surface area contributed by atoms with E-state index in [1.165, 1.54) is 12.1 Å². The molecule has 0 bridgehead atoms. The molecule has 0 heterocycles. The molecule has 1 rings (SSSR count). The number of alkyl carbamates (subject to hydrolysis) is 1. The van der Waals surface area contributed by atoms with Crippen molar-refractivity contribution in [2.75, 3.05) is 19.8 Å². The molecule has 0 aliphatic carbocycles. The predicted octanol–water partition coefficient (Wildman–Crippen LogP) is 2.50. The molecule has 0 aromatic heterocycles. The molecule has 0 spiro atoms. The zero-order chi connectivity index (χ0) is 20.3. The maximum atomic E-state index is 12.6. The number of oxime groups is 1. The molecule has 1 aromatic carbocycles. The second kappa shape index (κ2) is 10.6. The van der Waals surface area contributed by atoms with Crippen LogP contribution in [0.3, 0.4) is 0 Å². The topological polar surface area (TPSA) is 110 Å². The first-order valence-electron chi connectivity index (χ1n) is 7.60. The van der Waals surface area contributed by atoms with Gasteiger partial charge in [-0.3, -0.25) is 10.1 Å². The summed E-state index contributed by atoms with van der Waals surface area (Å²) in [7, 11) is 0. The minimum atomic E-state index is -4.48. The van der Waals surface area contributed by atoms with Gasteiger partial charge in [-0.1, -0.05) is 11.2 Å².